The van der Waals surface area contributed by atoms with Gasteiger partial charge in [0.25, 0.3) is 0 Å². The van der Waals surface area contributed by atoms with Crippen molar-refractivity contribution in [3.8, 4) is 0 Å². The molecule has 0 N–H and O–H groups in total. The first-order valence-electron chi connectivity index (χ1n) is 23.8. The van der Waals surface area contributed by atoms with Gasteiger partial charge in [-0.15, -0.1) is 0 Å². The van der Waals surface area contributed by atoms with E-state index < -0.39 is 6.10 Å². The topological polar surface area (TPSA) is 78.9 Å². The van der Waals surface area contributed by atoms with Crippen LogP contribution in [0.4, 0.5) is 0 Å². The van der Waals surface area contributed by atoms with Gasteiger partial charge in [-0.2, -0.15) is 0 Å². The van der Waals surface area contributed by atoms with Crippen LogP contribution in [-0.2, 0) is 28.6 Å². The Bertz CT molecular complexity index is 1050. The van der Waals surface area contributed by atoms with Gasteiger partial charge in [-0.3, -0.25) is 14.4 Å². The molecule has 1 unspecified atom stereocenters. The maximum absolute atomic E-state index is 12.6. The second-order valence-corrected chi connectivity index (χ2v) is 15.6. The number of carbonyl (C=O) groups is 3. The molecule has 6 nitrogen and oxygen atoms in total. The first kappa shape index (κ1) is 54.1. The summed E-state index contributed by atoms with van der Waals surface area (Å²) < 4.78 is 16.6. The van der Waals surface area contributed by atoms with Gasteiger partial charge in [0.1, 0.15) is 13.2 Å². The summed E-state index contributed by atoms with van der Waals surface area (Å²) in [6.45, 7) is 6.43. The lowest BCUT2D eigenvalue weighted by molar-refractivity contribution is -0.167. The van der Waals surface area contributed by atoms with Crippen molar-refractivity contribution in [1.29, 1.82) is 0 Å². The molecule has 0 aliphatic rings. The van der Waals surface area contributed by atoms with Gasteiger partial charge in [0, 0.05) is 19.3 Å². The molecule has 0 fully saturated rings. The Morgan fingerprint density at radius 2 is 0.684 bits per heavy atom. The van der Waals surface area contributed by atoms with E-state index in [1.54, 1.807) is 0 Å². The molecule has 328 valence electrons. The molecule has 0 spiro atoms. The number of rotatable bonds is 42. The number of esters is 3. The largest absolute Gasteiger partial charge is 0.462 e. The summed E-state index contributed by atoms with van der Waals surface area (Å²) in [6, 6.07) is 0. The number of allylic oxidation sites excluding steroid dienone is 10. The van der Waals surface area contributed by atoms with E-state index in [0.29, 0.717) is 19.3 Å². The van der Waals surface area contributed by atoms with Crippen LogP contribution in [0.5, 0.6) is 0 Å². The first-order valence-corrected chi connectivity index (χ1v) is 23.8. The lowest BCUT2D eigenvalue weighted by atomic mass is 10.1. The van der Waals surface area contributed by atoms with Crippen molar-refractivity contribution < 1.29 is 28.6 Å². The maximum atomic E-state index is 12.6. The summed E-state index contributed by atoms with van der Waals surface area (Å²) >= 11 is 0. The van der Waals surface area contributed by atoms with Gasteiger partial charge in [-0.05, 0) is 64.2 Å². The van der Waals surface area contributed by atoms with Gasteiger partial charge in [0.15, 0.2) is 6.10 Å². The first-order chi connectivity index (χ1) is 28.0. The second-order valence-electron chi connectivity index (χ2n) is 15.6. The molecule has 0 aromatic rings. The minimum atomic E-state index is -0.771. The minimum Gasteiger partial charge on any atom is -0.462 e. The van der Waals surface area contributed by atoms with Crippen LogP contribution in [0.1, 0.15) is 226 Å². The van der Waals surface area contributed by atoms with Crippen LogP contribution >= 0.6 is 0 Å². The number of hydrogen-bond donors (Lipinski definition) is 0. The molecule has 0 saturated heterocycles. The molecule has 0 amide bonds. The Hall–Kier alpha value is -2.89. The smallest absolute Gasteiger partial charge is 0.306 e. The van der Waals surface area contributed by atoms with Crippen LogP contribution in [0.15, 0.2) is 60.8 Å². The minimum absolute atomic E-state index is 0.0766. The van der Waals surface area contributed by atoms with E-state index in [9.17, 15) is 14.4 Å². The molecule has 0 aromatic carbocycles. The molecular formula is C51H88O6. The Balaban J connectivity index is 4.17. The molecule has 0 bridgehead atoms. The quantitative estimate of drug-likeness (QED) is 0.0265. The number of hydrogen-bond acceptors (Lipinski definition) is 6. The van der Waals surface area contributed by atoms with Crippen LogP contribution in [0.25, 0.3) is 0 Å². The molecule has 0 aliphatic heterocycles. The fraction of sp³-hybridized carbons (Fsp3) is 0.745. The molecule has 0 aromatic heterocycles. The standard InChI is InChI=1S/C51H88O6/c1-4-7-10-13-16-18-20-21-22-23-24-25-26-27-28-29-30-31-32-34-35-38-41-44-50(53)56-47-48(46-55-49(52)43-40-37-15-12-9-6-3)57-51(54)45-42-39-36-33-19-17-14-11-8-5-2/h7,10,16,18,21-22,24-25,27-28,48H,4-6,8-9,11-15,17,19-20,23,26,29-47H2,1-3H3/b10-7-,18-16-,22-21-,25-24-,28-27-. The summed E-state index contributed by atoms with van der Waals surface area (Å²) in [5, 5.41) is 0. The molecular weight excluding hydrogens is 709 g/mol. The fourth-order valence-electron chi connectivity index (χ4n) is 6.47. The normalized spacial score (nSPS) is 12.5. The van der Waals surface area contributed by atoms with Gasteiger partial charge >= 0.3 is 17.9 Å². The van der Waals surface area contributed by atoms with Crippen molar-refractivity contribution in [2.45, 2.75) is 232 Å². The summed E-state index contributed by atoms with van der Waals surface area (Å²) in [4.78, 5) is 37.5. The zero-order valence-electron chi connectivity index (χ0n) is 37.3. The van der Waals surface area contributed by atoms with Crippen molar-refractivity contribution in [2.75, 3.05) is 13.2 Å². The van der Waals surface area contributed by atoms with E-state index >= 15 is 0 Å². The average Bonchev–Trinajstić information content (AvgIpc) is 3.21. The zero-order valence-corrected chi connectivity index (χ0v) is 37.3. The Labute approximate surface area is 351 Å². The van der Waals surface area contributed by atoms with Crippen molar-refractivity contribution in [3.05, 3.63) is 60.8 Å². The van der Waals surface area contributed by atoms with Crippen molar-refractivity contribution in [3.63, 3.8) is 0 Å². The van der Waals surface area contributed by atoms with Crippen molar-refractivity contribution in [2.24, 2.45) is 0 Å². The third-order valence-electron chi connectivity index (χ3n) is 10.0. The number of ether oxygens (including phenoxy) is 3. The third-order valence-corrected chi connectivity index (χ3v) is 10.0. The van der Waals surface area contributed by atoms with Crippen LogP contribution < -0.4 is 0 Å². The van der Waals surface area contributed by atoms with E-state index in [4.69, 9.17) is 14.2 Å². The van der Waals surface area contributed by atoms with Gasteiger partial charge < -0.3 is 14.2 Å². The molecule has 0 saturated carbocycles. The molecule has 1 atom stereocenters. The lowest BCUT2D eigenvalue weighted by Crippen LogP contribution is -2.30. The molecule has 6 heteroatoms. The lowest BCUT2D eigenvalue weighted by Gasteiger charge is -2.18. The van der Waals surface area contributed by atoms with Crippen LogP contribution in [0.2, 0.25) is 0 Å². The Kier molecular flexibility index (Phi) is 43.5. The molecule has 0 radical (unpaired) electrons. The van der Waals surface area contributed by atoms with E-state index in [0.717, 1.165) is 96.3 Å². The summed E-state index contributed by atoms with van der Waals surface area (Å²) in [7, 11) is 0. The third kappa shape index (κ3) is 44.1. The highest BCUT2D eigenvalue weighted by atomic mass is 16.6. The second kappa shape index (κ2) is 45.8. The average molecular weight is 797 g/mol. The van der Waals surface area contributed by atoms with E-state index in [2.05, 4.69) is 81.5 Å². The molecule has 0 rings (SSSR count). The number of carbonyl (C=O) groups excluding carboxylic acids is 3. The van der Waals surface area contributed by atoms with E-state index in [1.807, 2.05) is 0 Å². The van der Waals surface area contributed by atoms with Crippen molar-refractivity contribution in [1.82, 2.24) is 0 Å². The van der Waals surface area contributed by atoms with Crippen LogP contribution in [-0.4, -0.2) is 37.2 Å². The van der Waals surface area contributed by atoms with Crippen LogP contribution in [0.3, 0.4) is 0 Å². The molecule has 0 heterocycles. The maximum Gasteiger partial charge on any atom is 0.306 e. The van der Waals surface area contributed by atoms with Gasteiger partial charge in [-0.25, -0.2) is 0 Å². The fourth-order valence-corrected chi connectivity index (χ4v) is 6.47. The van der Waals surface area contributed by atoms with Crippen molar-refractivity contribution >= 4 is 17.9 Å². The highest BCUT2D eigenvalue weighted by Crippen LogP contribution is 2.14. The zero-order chi connectivity index (χ0) is 41.5. The van der Waals surface area contributed by atoms with Gasteiger partial charge in [0.05, 0.1) is 0 Å². The molecule has 57 heavy (non-hydrogen) atoms. The summed E-state index contributed by atoms with van der Waals surface area (Å²) in [5.41, 5.74) is 0. The number of unbranched alkanes of at least 4 members (excludes halogenated alkanes) is 21. The summed E-state index contributed by atoms with van der Waals surface area (Å²) in [6.07, 6.45) is 55.1. The summed E-state index contributed by atoms with van der Waals surface area (Å²) in [5.74, 6) is -0.900. The molecule has 0 aliphatic carbocycles. The van der Waals surface area contributed by atoms with Gasteiger partial charge in [0.2, 0.25) is 0 Å². The Morgan fingerprint density at radius 1 is 0.368 bits per heavy atom. The van der Waals surface area contributed by atoms with Gasteiger partial charge in [-0.1, -0.05) is 204 Å². The monoisotopic (exact) mass is 797 g/mol. The highest BCUT2D eigenvalue weighted by molar-refractivity contribution is 5.71. The Morgan fingerprint density at radius 3 is 1.07 bits per heavy atom. The SMILES string of the molecule is CC/C=C\C/C=C\C/C=C\C/C=C\C/C=C\CCCCCCCCCC(=O)OCC(COC(=O)CCCCCCCC)OC(=O)CCCCCCCCCCCC. The van der Waals surface area contributed by atoms with E-state index in [-0.39, 0.29) is 31.1 Å². The van der Waals surface area contributed by atoms with E-state index in [1.165, 1.54) is 89.9 Å². The van der Waals surface area contributed by atoms with Crippen LogP contribution in [0, 0.1) is 0 Å². The predicted octanol–water partition coefficient (Wildman–Crippen LogP) is 15.3. The predicted molar refractivity (Wildman–Crippen MR) is 242 cm³/mol. The highest BCUT2D eigenvalue weighted by Gasteiger charge is 2.19.